The maximum Gasteiger partial charge on any atom is 0.125 e. The van der Waals surface area contributed by atoms with Crippen molar-refractivity contribution in [3.63, 3.8) is 0 Å². The van der Waals surface area contributed by atoms with Gasteiger partial charge >= 0.3 is 0 Å². The summed E-state index contributed by atoms with van der Waals surface area (Å²) >= 11 is 3.54. The van der Waals surface area contributed by atoms with Crippen molar-refractivity contribution in [1.82, 2.24) is 5.32 Å². The van der Waals surface area contributed by atoms with Crippen LogP contribution in [0.1, 0.15) is 51.1 Å². The first-order valence-electron chi connectivity index (χ1n) is 6.80. The molecule has 0 fully saturated rings. The molecular weight excluding hydrogens is 290 g/mol. The lowest BCUT2D eigenvalue weighted by molar-refractivity contribution is 0.0188. The summed E-state index contributed by atoms with van der Waals surface area (Å²) in [6.07, 6.45) is 4.40. The Hall–Kier alpha value is -0.540. The van der Waals surface area contributed by atoms with Crippen molar-refractivity contribution in [3.05, 3.63) is 28.2 Å². The van der Waals surface area contributed by atoms with Crippen LogP contribution in [-0.2, 0) is 0 Å². The zero-order chi connectivity index (χ0) is 13.2. The van der Waals surface area contributed by atoms with Crippen LogP contribution in [0.2, 0.25) is 0 Å². The van der Waals surface area contributed by atoms with Crippen LogP contribution >= 0.6 is 15.9 Å². The van der Waals surface area contributed by atoms with Gasteiger partial charge in [0.05, 0.1) is 0 Å². The maximum absolute atomic E-state index is 6.34. The van der Waals surface area contributed by atoms with E-state index in [1.807, 2.05) is 7.05 Å². The molecule has 1 aliphatic rings. The van der Waals surface area contributed by atoms with Gasteiger partial charge in [0.15, 0.2) is 0 Å². The lowest BCUT2D eigenvalue weighted by Gasteiger charge is -2.42. The van der Waals surface area contributed by atoms with Gasteiger partial charge < -0.3 is 10.1 Å². The van der Waals surface area contributed by atoms with Gasteiger partial charge in [0.25, 0.3) is 0 Å². The summed E-state index contributed by atoms with van der Waals surface area (Å²) in [5, 5.41) is 3.43. The van der Waals surface area contributed by atoms with E-state index in [4.69, 9.17) is 4.74 Å². The fraction of sp³-hybridized carbons (Fsp3) is 0.600. The smallest absolute Gasteiger partial charge is 0.125 e. The molecule has 2 unspecified atom stereocenters. The van der Waals surface area contributed by atoms with Gasteiger partial charge in [-0.15, -0.1) is 0 Å². The highest BCUT2D eigenvalue weighted by Gasteiger charge is 2.38. The quantitative estimate of drug-likeness (QED) is 0.887. The Morgan fingerprint density at radius 2 is 2.22 bits per heavy atom. The van der Waals surface area contributed by atoms with Crippen LogP contribution in [0, 0.1) is 0 Å². The molecule has 0 saturated carbocycles. The SMILES string of the molecule is CCCC1(CC)CC(NC)c2cc(Br)ccc2O1. The zero-order valence-electron chi connectivity index (χ0n) is 11.4. The molecule has 0 spiro atoms. The lowest BCUT2D eigenvalue weighted by Crippen LogP contribution is -2.43. The second-order valence-corrected chi connectivity index (χ2v) is 6.03. The number of ether oxygens (including phenoxy) is 1. The van der Waals surface area contributed by atoms with Crippen LogP contribution in [0.25, 0.3) is 0 Å². The predicted octanol–water partition coefficient (Wildman–Crippen LogP) is 4.44. The van der Waals surface area contributed by atoms with E-state index in [1.54, 1.807) is 0 Å². The third-order valence-corrected chi connectivity index (χ3v) is 4.44. The Kier molecular flexibility index (Phi) is 4.33. The monoisotopic (exact) mass is 311 g/mol. The average molecular weight is 312 g/mol. The van der Waals surface area contributed by atoms with E-state index in [0.29, 0.717) is 6.04 Å². The summed E-state index contributed by atoms with van der Waals surface area (Å²) < 4.78 is 7.45. The minimum absolute atomic E-state index is 0.00323. The Morgan fingerprint density at radius 3 is 2.83 bits per heavy atom. The van der Waals surface area contributed by atoms with Gasteiger partial charge in [0.1, 0.15) is 11.4 Å². The molecule has 0 aromatic heterocycles. The number of benzene rings is 1. The Bertz CT molecular complexity index is 421. The van der Waals surface area contributed by atoms with E-state index in [-0.39, 0.29) is 5.60 Å². The van der Waals surface area contributed by atoms with Crippen molar-refractivity contribution in [2.24, 2.45) is 0 Å². The van der Waals surface area contributed by atoms with Gasteiger partial charge in [-0.2, -0.15) is 0 Å². The second kappa shape index (κ2) is 5.62. The van der Waals surface area contributed by atoms with Crippen molar-refractivity contribution in [3.8, 4) is 5.75 Å². The molecule has 1 aromatic carbocycles. The fourth-order valence-corrected chi connectivity index (χ4v) is 3.28. The van der Waals surface area contributed by atoms with E-state index in [0.717, 1.165) is 35.9 Å². The minimum Gasteiger partial charge on any atom is -0.487 e. The normalized spacial score (nSPS) is 26.6. The fourth-order valence-electron chi connectivity index (χ4n) is 2.90. The van der Waals surface area contributed by atoms with Gasteiger partial charge in [-0.25, -0.2) is 0 Å². The van der Waals surface area contributed by atoms with Gasteiger partial charge in [-0.1, -0.05) is 36.2 Å². The number of hydrogen-bond acceptors (Lipinski definition) is 2. The largest absolute Gasteiger partial charge is 0.487 e. The van der Waals surface area contributed by atoms with E-state index in [2.05, 4.69) is 53.3 Å². The molecule has 0 radical (unpaired) electrons. The standard InChI is InChI=1S/C15H22BrNO/c1-4-8-15(5-2)10-13(17-3)12-9-11(16)6-7-14(12)18-15/h6-7,9,13,17H,4-5,8,10H2,1-3H3. The van der Waals surface area contributed by atoms with Gasteiger partial charge in [0, 0.05) is 22.5 Å². The number of nitrogens with one attached hydrogen (secondary N) is 1. The van der Waals surface area contributed by atoms with Crippen molar-refractivity contribution >= 4 is 15.9 Å². The highest BCUT2D eigenvalue weighted by atomic mass is 79.9. The second-order valence-electron chi connectivity index (χ2n) is 5.12. The van der Waals surface area contributed by atoms with Crippen LogP contribution in [0.15, 0.2) is 22.7 Å². The maximum atomic E-state index is 6.34. The number of hydrogen-bond donors (Lipinski definition) is 1. The average Bonchev–Trinajstić information content (AvgIpc) is 2.38. The molecule has 3 heteroatoms. The van der Waals surface area contributed by atoms with Gasteiger partial charge in [-0.3, -0.25) is 0 Å². The Morgan fingerprint density at radius 1 is 1.44 bits per heavy atom. The highest BCUT2D eigenvalue weighted by molar-refractivity contribution is 9.10. The first kappa shape index (κ1) is 13.9. The number of fused-ring (bicyclic) bond motifs is 1. The molecule has 0 saturated heterocycles. The van der Waals surface area contributed by atoms with E-state index in [9.17, 15) is 0 Å². The Labute approximate surface area is 118 Å². The van der Waals surface area contributed by atoms with Crippen LogP contribution in [-0.4, -0.2) is 12.6 Å². The molecule has 1 aromatic rings. The minimum atomic E-state index is 0.00323. The topological polar surface area (TPSA) is 21.3 Å². The summed E-state index contributed by atoms with van der Waals surface area (Å²) in [5.74, 6) is 1.04. The van der Waals surface area contributed by atoms with Gasteiger partial charge in [0.2, 0.25) is 0 Å². The van der Waals surface area contributed by atoms with E-state index >= 15 is 0 Å². The predicted molar refractivity (Wildman–Crippen MR) is 79.1 cm³/mol. The molecule has 1 heterocycles. The van der Waals surface area contributed by atoms with Crippen LogP contribution < -0.4 is 10.1 Å². The van der Waals surface area contributed by atoms with Gasteiger partial charge in [-0.05, 0) is 38.1 Å². The first-order chi connectivity index (χ1) is 8.64. The zero-order valence-corrected chi connectivity index (χ0v) is 13.0. The molecule has 1 aliphatic heterocycles. The highest BCUT2D eigenvalue weighted by Crippen LogP contribution is 2.43. The molecule has 1 N–H and O–H groups in total. The van der Waals surface area contributed by atoms with Crippen LogP contribution in [0.4, 0.5) is 0 Å². The number of halogens is 1. The van der Waals surface area contributed by atoms with Crippen molar-refractivity contribution in [2.45, 2.75) is 51.2 Å². The molecule has 0 aliphatic carbocycles. The molecule has 100 valence electrons. The summed E-state index contributed by atoms with van der Waals surface area (Å²) in [7, 11) is 2.03. The van der Waals surface area contributed by atoms with Crippen LogP contribution in [0.5, 0.6) is 5.75 Å². The molecule has 2 nitrogen and oxygen atoms in total. The van der Waals surface area contributed by atoms with Crippen molar-refractivity contribution in [2.75, 3.05) is 7.05 Å². The van der Waals surface area contributed by atoms with Crippen molar-refractivity contribution in [1.29, 1.82) is 0 Å². The lowest BCUT2D eigenvalue weighted by atomic mass is 9.82. The summed E-state index contributed by atoms with van der Waals surface area (Å²) in [6.45, 7) is 4.46. The molecule has 0 amide bonds. The van der Waals surface area contributed by atoms with Crippen molar-refractivity contribution < 1.29 is 4.74 Å². The molecular formula is C15H22BrNO. The Balaban J connectivity index is 2.38. The third kappa shape index (κ3) is 2.57. The molecule has 18 heavy (non-hydrogen) atoms. The molecule has 2 rings (SSSR count). The van der Waals surface area contributed by atoms with E-state index < -0.39 is 0 Å². The molecule has 2 atom stereocenters. The third-order valence-electron chi connectivity index (χ3n) is 3.95. The van der Waals surface area contributed by atoms with Crippen LogP contribution in [0.3, 0.4) is 0 Å². The molecule has 0 bridgehead atoms. The first-order valence-corrected chi connectivity index (χ1v) is 7.59. The number of rotatable bonds is 4. The van der Waals surface area contributed by atoms with E-state index in [1.165, 1.54) is 5.56 Å². The summed E-state index contributed by atoms with van der Waals surface area (Å²) in [6, 6.07) is 6.70. The summed E-state index contributed by atoms with van der Waals surface area (Å²) in [5.41, 5.74) is 1.27. The summed E-state index contributed by atoms with van der Waals surface area (Å²) in [4.78, 5) is 0.